The third kappa shape index (κ3) is 2.85. The monoisotopic (exact) mass is 219 g/mol. The summed E-state index contributed by atoms with van der Waals surface area (Å²) in [6.07, 6.45) is 2.10. The minimum absolute atomic E-state index is 0.0360. The van der Waals surface area contributed by atoms with Gasteiger partial charge in [-0.1, -0.05) is 0 Å². The second kappa shape index (κ2) is 5.56. The van der Waals surface area contributed by atoms with Crippen LogP contribution < -0.4 is 0 Å². The minimum Gasteiger partial charge on any atom is -0.380 e. The topological polar surface area (TPSA) is 29.5 Å². The summed E-state index contributed by atoms with van der Waals surface area (Å²) in [7, 11) is 0. The molecular weight excluding hydrogens is 202 g/mol. The second-order valence-electron chi connectivity index (χ2n) is 3.60. The number of carbonyl (C=O) groups excluding carboxylic acids is 1. The van der Waals surface area contributed by atoms with Gasteiger partial charge in [-0.15, -0.1) is 11.6 Å². The molecule has 3 nitrogen and oxygen atoms in total. The maximum atomic E-state index is 11.7. The molecule has 0 bridgehead atoms. The van der Waals surface area contributed by atoms with Crippen LogP contribution in [0.2, 0.25) is 0 Å². The molecule has 0 aromatic carbocycles. The van der Waals surface area contributed by atoms with E-state index >= 15 is 0 Å². The normalized spacial score (nSPS) is 23.9. The number of halogens is 1. The van der Waals surface area contributed by atoms with Crippen molar-refractivity contribution in [2.24, 2.45) is 0 Å². The fourth-order valence-electron chi connectivity index (χ4n) is 1.78. The molecule has 1 fully saturated rings. The SMILES string of the molecule is CCOC[C@@H]1CCCN1C(=O)[C@@H](C)Cl. The van der Waals surface area contributed by atoms with Crippen LogP contribution in [0.25, 0.3) is 0 Å². The minimum atomic E-state index is -0.419. The Kier molecular flexibility index (Phi) is 4.69. The fraction of sp³-hybridized carbons (Fsp3) is 0.900. The maximum absolute atomic E-state index is 11.7. The molecule has 0 N–H and O–H groups in total. The third-order valence-corrected chi connectivity index (χ3v) is 2.70. The van der Waals surface area contributed by atoms with Crippen molar-refractivity contribution in [1.82, 2.24) is 4.90 Å². The van der Waals surface area contributed by atoms with E-state index in [-0.39, 0.29) is 11.9 Å². The number of nitrogens with zero attached hydrogens (tertiary/aromatic N) is 1. The Bertz CT molecular complexity index is 197. The Morgan fingerprint density at radius 1 is 1.71 bits per heavy atom. The van der Waals surface area contributed by atoms with Crippen LogP contribution in [0.5, 0.6) is 0 Å². The highest BCUT2D eigenvalue weighted by Gasteiger charge is 2.30. The molecule has 0 radical (unpaired) electrons. The Labute approximate surface area is 90.4 Å². The van der Waals surface area contributed by atoms with Gasteiger partial charge in [-0.3, -0.25) is 4.79 Å². The number of alkyl halides is 1. The van der Waals surface area contributed by atoms with Crippen molar-refractivity contribution in [3.63, 3.8) is 0 Å². The van der Waals surface area contributed by atoms with Crippen LogP contribution in [0.1, 0.15) is 26.7 Å². The van der Waals surface area contributed by atoms with E-state index in [9.17, 15) is 4.79 Å². The summed E-state index contributed by atoms with van der Waals surface area (Å²) in [5.41, 5.74) is 0. The predicted octanol–water partition coefficient (Wildman–Crippen LogP) is 1.64. The summed E-state index contributed by atoms with van der Waals surface area (Å²) in [5, 5.41) is -0.419. The van der Waals surface area contributed by atoms with E-state index in [0.717, 1.165) is 19.4 Å². The number of carbonyl (C=O) groups is 1. The van der Waals surface area contributed by atoms with Gasteiger partial charge in [0.25, 0.3) is 0 Å². The molecular formula is C10H18ClNO2. The molecule has 1 aliphatic rings. The first kappa shape index (κ1) is 11.8. The Balaban J connectivity index is 2.46. The molecule has 0 aromatic rings. The summed E-state index contributed by atoms with van der Waals surface area (Å²) >= 11 is 5.78. The van der Waals surface area contributed by atoms with Crippen molar-refractivity contribution in [1.29, 1.82) is 0 Å². The van der Waals surface area contributed by atoms with Crippen LogP contribution >= 0.6 is 11.6 Å². The number of amides is 1. The van der Waals surface area contributed by atoms with Crippen LogP contribution in [-0.2, 0) is 9.53 Å². The van der Waals surface area contributed by atoms with E-state index in [1.54, 1.807) is 6.92 Å². The van der Waals surface area contributed by atoms with Crippen molar-refractivity contribution in [2.75, 3.05) is 19.8 Å². The van der Waals surface area contributed by atoms with Crippen LogP contribution in [0, 0.1) is 0 Å². The molecule has 0 unspecified atom stereocenters. The summed E-state index contributed by atoms with van der Waals surface area (Å²) in [5.74, 6) is 0.0360. The Hall–Kier alpha value is -0.280. The van der Waals surface area contributed by atoms with Crippen molar-refractivity contribution in [3.05, 3.63) is 0 Å². The van der Waals surface area contributed by atoms with Gasteiger partial charge in [0.2, 0.25) is 5.91 Å². The third-order valence-electron chi connectivity index (χ3n) is 2.51. The standard InChI is InChI=1S/C10H18ClNO2/c1-3-14-7-9-5-4-6-12(9)10(13)8(2)11/h8-9H,3-7H2,1-2H3/t8-,9+/m1/s1. The number of likely N-dealkylation sites (tertiary alicyclic amines) is 1. The zero-order valence-electron chi connectivity index (χ0n) is 8.83. The van der Waals surface area contributed by atoms with Crippen LogP contribution in [0.15, 0.2) is 0 Å². The molecule has 4 heteroatoms. The van der Waals surface area contributed by atoms with Crippen LogP contribution in [0.4, 0.5) is 0 Å². The largest absolute Gasteiger partial charge is 0.380 e. The van der Waals surface area contributed by atoms with Crippen molar-refractivity contribution < 1.29 is 9.53 Å². The first-order chi connectivity index (χ1) is 6.66. The smallest absolute Gasteiger partial charge is 0.240 e. The average Bonchev–Trinajstić information content (AvgIpc) is 2.61. The molecule has 0 saturated carbocycles. The van der Waals surface area contributed by atoms with E-state index in [0.29, 0.717) is 13.2 Å². The molecule has 14 heavy (non-hydrogen) atoms. The Morgan fingerprint density at radius 2 is 2.43 bits per heavy atom. The zero-order chi connectivity index (χ0) is 10.6. The first-order valence-electron chi connectivity index (χ1n) is 5.19. The molecule has 1 aliphatic heterocycles. The lowest BCUT2D eigenvalue weighted by Crippen LogP contribution is -2.41. The Morgan fingerprint density at radius 3 is 3.00 bits per heavy atom. The molecule has 0 aromatic heterocycles. The summed E-state index contributed by atoms with van der Waals surface area (Å²) in [4.78, 5) is 13.5. The molecule has 1 amide bonds. The van der Waals surface area contributed by atoms with Gasteiger partial charge in [-0.25, -0.2) is 0 Å². The number of ether oxygens (including phenoxy) is 1. The molecule has 1 saturated heterocycles. The van der Waals surface area contributed by atoms with E-state index in [4.69, 9.17) is 16.3 Å². The summed E-state index contributed by atoms with van der Waals surface area (Å²) in [6.45, 7) is 5.86. The van der Waals surface area contributed by atoms with Crippen LogP contribution in [-0.4, -0.2) is 42.0 Å². The highest BCUT2D eigenvalue weighted by molar-refractivity contribution is 6.30. The van der Waals surface area contributed by atoms with E-state index in [1.807, 2.05) is 11.8 Å². The maximum Gasteiger partial charge on any atom is 0.240 e. The summed E-state index contributed by atoms with van der Waals surface area (Å²) < 4.78 is 5.34. The van der Waals surface area contributed by atoms with Gasteiger partial charge in [-0.05, 0) is 26.7 Å². The highest BCUT2D eigenvalue weighted by Crippen LogP contribution is 2.19. The lowest BCUT2D eigenvalue weighted by molar-refractivity contribution is -0.132. The van der Waals surface area contributed by atoms with Gasteiger partial charge in [0.1, 0.15) is 5.38 Å². The number of hydrogen-bond acceptors (Lipinski definition) is 2. The van der Waals surface area contributed by atoms with E-state index < -0.39 is 5.38 Å². The highest BCUT2D eigenvalue weighted by atomic mass is 35.5. The molecule has 82 valence electrons. The van der Waals surface area contributed by atoms with Crippen molar-refractivity contribution in [3.8, 4) is 0 Å². The summed E-state index contributed by atoms with van der Waals surface area (Å²) in [6, 6.07) is 0.239. The molecule has 0 aliphatic carbocycles. The van der Waals surface area contributed by atoms with Crippen LogP contribution in [0.3, 0.4) is 0 Å². The molecule has 1 heterocycles. The lowest BCUT2D eigenvalue weighted by Gasteiger charge is -2.25. The fourth-order valence-corrected chi connectivity index (χ4v) is 1.91. The van der Waals surface area contributed by atoms with Gasteiger partial charge in [0.05, 0.1) is 12.6 Å². The zero-order valence-corrected chi connectivity index (χ0v) is 9.59. The van der Waals surface area contributed by atoms with E-state index in [2.05, 4.69) is 0 Å². The van der Waals surface area contributed by atoms with Gasteiger partial charge >= 0.3 is 0 Å². The quantitative estimate of drug-likeness (QED) is 0.673. The van der Waals surface area contributed by atoms with Gasteiger partial charge < -0.3 is 9.64 Å². The van der Waals surface area contributed by atoms with Gasteiger partial charge in [-0.2, -0.15) is 0 Å². The number of hydrogen-bond donors (Lipinski definition) is 0. The molecule has 0 spiro atoms. The first-order valence-corrected chi connectivity index (χ1v) is 5.62. The van der Waals surface area contributed by atoms with Gasteiger partial charge in [0, 0.05) is 13.2 Å². The second-order valence-corrected chi connectivity index (χ2v) is 4.26. The predicted molar refractivity (Wildman–Crippen MR) is 56.5 cm³/mol. The van der Waals surface area contributed by atoms with Crippen molar-refractivity contribution >= 4 is 17.5 Å². The number of rotatable bonds is 4. The molecule has 1 rings (SSSR count). The van der Waals surface area contributed by atoms with Gasteiger partial charge in [0.15, 0.2) is 0 Å². The molecule has 2 atom stereocenters. The van der Waals surface area contributed by atoms with E-state index in [1.165, 1.54) is 0 Å². The average molecular weight is 220 g/mol. The van der Waals surface area contributed by atoms with Crippen molar-refractivity contribution in [2.45, 2.75) is 38.1 Å². The lowest BCUT2D eigenvalue weighted by atomic mass is 10.2.